The van der Waals surface area contributed by atoms with Crippen molar-refractivity contribution in [1.82, 2.24) is 5.32 Å². The molecule has 0 aliphatic rings. The molecule has 1 aromatic carbocycles. The summed E-state index contributed by atoms with van der Waals surface area (Å²) in [6, 6.07) is 9.64. The first-order chi connectivity index (χ1) is 7.66. The summed E-state index contributed by atoms with van der Waals surface area (Å²) in [5.74, 6) is 2.86. The van der Waals surface area contributed by atoms with Crippen LogP contribution in [0, 0.1) is 18.3 Å². The van der Waals surface area contributed by atoms with Crippen LogP contribution in [0.4, 0.5) is 0 Å². The number of nitrogens with one attached hydrogen (secondary N) is 1. The van der Waals surface area contributed by atoms with Crippen LogP contribution in [-0.2, 0) is 0 Å². The van der Waals surface area contributed by atoms with Crippen LogP contribution < -0.4 is 5.32 Å². The fourth-order valence-corrected chi connectivity index (χ4v) is 1.75. The highest BCUT2D eigenvalue weighted by molar-refractivity contribution is 5.19. The Kier molecular flexibility index (Phi) is 5.04. The first-order valence-electron chi connectivity index (χ1n) is 5.56. The first-order valence-corrected chi connectivity index (χ1v) is 5.56. The molecule has 0 radical (unpaired) electrons. The van der Waals surface area contributed by atoms with E-state index in [4.69, 9.17) is 6.42 Å². The molecule has 0 aromatic heterocycles. The van der Waals surface area contributed by atoms with Gasteiger partial charge in [0.15, 0.2) is 0 Å². The fourth-order valence-electron chi connectivity index (χ4n) is 1.75. The second-order valence-corrected chi connectivity index (χ2v) is 4.21. The topological polar surface area (TPSA) is 32.3 Å². The monoisotopic (exact) mass is 217 g/mol. The molecular weight excluding hydrogens is 198 g/mol. The molecule has 0 bridgehead atoms. The minimum Gasteiger partial charge on any atom is -0.387 e. The highest BCUT2D eigenvalue weighted by Crippen LogP contribution is 2.21. The number of hydrogen-bond donors (Lipinski definition) is 2. The Morgan fingerprint density at radius 1 is 1.31 bits per heavy atom. The zero-order valence-electron chi connectivity index (χ0n) is 9.85. The highest BCUT2D eigenvalue weighted by Gasteiger charge is 2.22. The summed E-state index contributed by atoms with van der Waals surface area (Å²) in [6.07, 6.45) is 4.70. The lowest BCUT2D eigenvalue weighted by Gasteiger charge is -2.27. The summed E-state index contributed by atoms with van der Waals surface area (Å²) in [7, 11) is 0. The van der Waals surface area contributed by atoms with E-state index in [0.29, 0.717) is 12.5 Å². The lowest BCUT2D eigenvalue weighted by atomic mass is 9.93. The number of aliphatic hydroxyl groups excluding tert-OH is 1. The molecule has 2 heteroatoms. The van der Waals surface area contributed by atoms with Gasteiger partial charge in [-0.2, -0.15) is 0 Å². The van der Waals surface area contributed by atoms with E-state index in [-0.39, 0.29) is 6.04 Å². The molecule has 16 heavy (non-hydrogen) atoms. The second kappa shape index (κ2) is 6.32. The number of rotatable bonds is 5. The van der Waals surface area contributed by atoms with Crippen molar-refractivity contribution in [3.63, 3.8) is 0 Å². The fraction of sp³-hybridized carbons (Fsp3) is 0.429. The molecule has 0 amide bonds. The van der Waals surface area contributed by atoms with Gasteiger partial charge in [0.2, 0.25) is 0 Å². The third-order valence-corrected chi connectivity index (χ3v) is 2.64. The molecular formula is C14H19NO. The summed E-state index contributed by atoms with van der Waals surface area (Å²) in [6.45, 7) is 4.62. The van der Waals surface area contributed by atoms with Crippen molar-refractivity contribution < 1.29 is 5.11 Å². The van der Waals surface area contributed by atoms with Crippen molar-refractivity contribution in [2.75, 3.05) is 6.54 Å². The average molecular weight is 217 g/mol. The first kappa shape index (κ1) is 12.8. The Morgan fingerprint density at radius 2 is 1.94 bits per heavy atom. The molecule has 1 rings (SSSR count). The van der Waals surface area contributed by atoms with E-state index in [1.807, 2.05) is 30.3 Å². The van der Waals surface area contributed by atoms with Gasteiger partial charge in [-0.25, -0.2) is 0 Å². The van der Waals surface area contributed by atoms with Gasteiger partial charge in [0.05, 0.1) is 12.6 Å². The third-order valence-electron chi connectivity index (χ3n) is 2.64. The van der Waals surface area contributed by atoms with Crippen molar-refractivity contribution in [2.24, 2.45) is 5.92 Å². The van der Waals surface area contributed by atoms with Crippen LogP contribution in [0.1, 0.15) is 25.5 Å². The smallest absolute Gasteiger partial charge is 0.0945 e. The van der Waals surface area contributed by atoms with Crippen LogP contribution in [0.5, 0.6) is 0 Å². The summed E-state index contributed by atoms with van der Waals surface area (Å²) in [4.78, 5) is 0. The molecule has 0 fully saturated rings. The molecule has 0 heterocycles. The van der Waals surface area contributed by atoms with Gasteiger partial charge in [0.25, 0.3) is 0 Å². The van der Waals surface area contributed by atoms with Gasteiger partial charge in [-0.3, -0.25) is 0 Å². The Labute approximate surface area is 97.7 Å². The van der Waals surface area contributed by atoms with Crippen molar-refractivity contribution in [3.05, 3.63) is 35.9 Å². The maximum atomic E-state index is 10.2. The van der Waals surface area contributed by atoms with Gasteiger partial charge in [0, 0.05) is 6.04 Å². The molecule has 0 aliphatic carbocycles. The van der Waals surface area contributed by atoms with Crippen molar-refractivity contribution >= 4 is 0 Å². The molecule has 0 spiro atoms. The second-order valence-electron chi connectivity index (χ2n) is 4.21. The van der Waals surface area contributed by atoms with E-state index in [2.05, 4.69) is 25.1 Å². The van der Waals surface area contributed by atoms with Crippen molar-refractivity contribution in [1.29, 1.82) is 0 Å². The Hall–Kier alpha value is -1.30. The van der Waals surface area contributed by atoms with Gasteiger partial charge in [0.1, 0.15) is 0 Å². The zero-order valence-corrected chi connectivity index (χ0v) is 9.85. The van der Waals surface area contributed by atoms with Gasteiger partial charge in [-0.05, 0) is 11.5 Å². The normalized spacial score (nSPS) is 14.4. The zero-order chi connectivity index (χ0) is 12.0. The lowest BCUT2D eigenvalue weighted by Crippen LogP contribution is -2.39. The predicted molar refractivity (Wildman–Crippen MR) is 66.9 cm³/mol. The van der Waals surface area contributed by atoms with Crippen LogP contribution in [-0.4, -0.2) is 17.7 Å². The van der Waals surface area contributed by atoms with Crippen molar-refractivity contribution in [2.45, 2.75) is 26.0 Å². The van der Waals surface area contributed by atoms with Gasteiger partial charge < -0.3 is 10.4 Å². The number of benzene rings is 1. The van der Waals surface area contributed by atoms with Crippen LogP contribution in [0.25, 0.3) is 0 Å². The largest absolute Gasteiger partial charge is 0.387 e. The van der Waals surface area contributed by atoms with E-state index >= 15 is 0 Å². The average Bonchev–Trinajstić information content (AvgIpc) is 2.30. The highest BCUT2D eigenvalue weighted by atomic mass is 16.3. The van der Waals surface area contributed by atoms with E-state index in [0.717, 1.165) is 5.56 Å². The molecule has 86 valence electrons. The Bertz CT molecular complexity index is 340. The molecule has 2 nitrogen and oxygen atoms in total. The SMILES string of the molecule is C#CCN[C@@H](C(C)C)[C@@H](O)c1ccccc1. The summed E-state index contributed by atoms with van der Waals surface area (Å²) < 4.78 is 0. The molecule has 2 atom stereocenters. The molecule has 0 saturated heterocycles. The van der Waals surface area contributed by atoms with Crippen molar-refractivity contribution in [3.8, 4) is 12.3 Å². The minimum absolute atomic E-state index is 0.0153. The van der Waals surface area contributed by atoms with E-state index < -0.39 is 6.10 Å². The Morgan fingerprint density at radius 3 is 2.44 bits per heavy atom. The van der Waals surface area contributed by atoms with E-state index in [1.54, 1.807) is 0 Å². The summed E-state index contributed by atoms with van der Waals surface area (Å²) in [5.41, 5.74) is 0.922. The third kappa shape index (κ3) is 3.37. The summed E-state index contributed by atoms with van der Waals surface area (Å²) >= 11 is 0. The number of hydrogen-bond acceptors (Lipinski definition) is 2. The van der Waals surface area contributed by atoms with Crippen LogP contribution in [0.15, 0.2) is 30.3 Å². The lowest BCUT2D eigenvalue weighted by molar-refractivity contribution is 0.108. The number of terminal acetylenes is 1. The molecule has 2 N–H and O–H groups in total. The standard InChI is InChI=1S/C14H19NO/c1-4-10-15-13(11(2)3)14(16)12-8-6-5-7-9-12/h1,5-9,11,13-16H,10H2,2-3H3/t13-,14-/m0/s1. The number of aliphatic hydroxyl groups is 1. The van der Waals surface area contributed by atoms with E-state index in [9.17, 15) is 5.11 Å². The molecule has 0 unspecified atom stereocenters. The molecule has 0 aliphatic heterocycles. The van der Waals surface area contributed by atoms with Gasteiger partial charge >= 0.3 is 0 Å². The van der Waals surface area contributed by atoms with E-state index in [1.165, 1.54) is 0 Å². The van der Waals surface area contributed by atoms with Crippen LogP contribution in [0.2, 0.25) is 0 Å². The maximum Gasteiger partial charge on any atom is 0.0945 e. The molecule has 1 aromatic rings. The predicted octanol–water partition coefficient (Wildman–Crippen LogP) is 1.97. The quantitative estimate of drug-likeness (QED) is 0.739. The van der Waals surface area contributed by atoms with Crippen LogP contribution >= 0.6 is 0 Å². The van der Waals surface area contributed by atoms with Gasteiger partial charge in [-0.15, -0.1) is 6.42 Å². The summed E-state index contributed by atoms with van der Waals surface area (Å²) in [5, 5.41) is 13.4. The van der Waals surface area contributed by atoms with Crippen LogP contribution in [0.3, 0.4) is 0 Å². The minimum atomic E-state index is -0.519. The maximum absolute atomic E-state index is 10.2. The molecule has 0 saturated carbocycles. The Balaban J connectivity index is 2.75. The van der Waals surface area contributed by atoms with Gasteiger partial charge in [-0.1, -0.05) is 50.1 Å².